The van der Waals surface area contributed by atoms with Gasteiger partial charge < -0.3 is 14.4 Å². The maximum absolute atomic E-state index is 13.7. The third kappa shape index (κ3) is 8.65. The summed E-state index contributed by atoms with van der Waals surface area (Å²) in [6.45, 7) is 12.7. The second kappa shape index (κ2) is 14.3. The number of halogens is 3. The monoisotopic (exact) mass is 689 g/mol. The molecule has 3 aromatic heterocycles. The summed E-state index contributed by atoms with van der Waals surface area (Å²) in [7, 11) is 0. The summed E-state index contributed by atoms with van der Waals surface area (Å²) in [6, 6.07) is 19.3. The van der Waals surface area contributed by atoms with Gasteiger partial charge in [-0.2, -0.15) is 13.2 Å². The third-order valence-electron chi connectivity index (χ3n) is 8.29. The summed E-state index contributed by atoms with van der Waals surface area (Å²) >= 11 is 1.68. The van der Waals surface area contributed by atoms with Crippen LogP contribution in [0.25, 0.3) is 22.2 Å². The van der Waals surface area contributed by atoms with Crippen molar-refractivity contribution in [3.8, 4) is 17.0 Å². The van der Waals surface area contributed by atoms with E-state index in [2.05, 4.69) is 48.3 Å². The first-order valence-corrected chi connectivity index (χ1v) is 17.1. The van der Waals surface area contributed by atoms with Crippen molar-refractivity contribution in [2.45, 2.75) is 83.2 Å². The smallest absolute Gasteiger partial charge is 0.418 e. The Balaban J connectivity index is 1.53. The molecule has 0 atom stereocenters. The predicted molar refractivity (Wildman–Crippen MR) is 189 cm³/mol. The highest BCUT2D eigenvalue weighted by molar-refractivity contribution is 8.00. The summed E-state index contributed by atoms with van der Waals surface area (Å²) in [6.07, 6.45) is 0.581. The maximum Gasteiger partial charge on any atom is 0.418 e. The highest BCUT2D eigenvalue weighted by Gasteiger charge is 2.35. The van der Waals surface area contributed by atoms with E-state index in [0.717, 1.165) is 45.2 Å². The molecular weight excluding hydrogens is 648 g/mol. The van der Waals surface area contributed by atoms with Crippen LogP contribution in [0, 0.1) is 5.41 Å². The van der Waals surface area contributed by atoms with Crippen molar-refractivity contribution in [1.82, 2.24) is 14.5 Å². The van der Waals surface area contributed by atoms with E-state index in [1.165, 1.54) is 17.8 Å². The molecule has 0 unspecified atom stereocenters. The van der Waals surface area contributed by atoms with Crippen LogP contribution >= 0.6 is 11.8 Å². The number of aryl methyl sites for hydroxylation is 1. The maximum atomic E-state index is 13.7. The lowest BCUT2D eigenvalue weighted by molar-refractivity contribution is -0.147. The number of carbonyl (C=O) groups is 1. The number of ether oxygens (including phenoxy) is 1. The molecule has 10 heteroatoms. The predicted octanol–water partition coefficient (Wildman–Crippen LogP) is 9.89. The Morgan fingerprint density at radius 1 is 0.939 bits per heavy atom. The van der Waals surface area contributed by atoms with Gasteiger partial charge in [-0.3, -0.25) is 14.8 Å². The number of carboxylic acid groups (broad SMARTS) is 1. The quantitative estimate of drug-likeness (QED) is 0.132. The lowest BCUT2D eigenvalue weighted by atomic mass is 9.88. The highest BCUT2D eigenvalue weighted by Crippen LogP contribution is 2.44. The Labute approximate surface area is 289 Å². The van der Waals surface area contributed by atoms with Gasteiger partial charge in [-0.25, -0.2) is 0 Å². The molecule has 6 nitrogen and oxygen atoms in total. The van der Waals surface area contributed by atoms with Crippen molar-refractivity contribution < 1.29 is 27.8 Å². The van der Waals surface area contributed by atoms with Crippen LogP contribution in [0.3, 0.4) is 0 Å². The number of rotatable bonds is 12. The molecule has 0 amide bonds. The Kier molecular flexibility index (Phi) is 10.5. The topological polar surface area (TPSA) is 77.2 Å². The zero-order valence-corrected chi connectivity index (χ0v) is 29.5. The van der Waals surface area contributed by atoms with Crippen molar-refractivity contribution in [2.75, 3.05) is 6.61 Å². The highest BCUT2D eigenvalue weighted by atomic mass is 32.2. The number of aromatic nitrogens is 3. The van der Waals surface area contributed by atoms with E-state index in [1.807, 2.05) is 30.5 Å². The molecule has 0 fully saturated rings. The number of thioether (sulfide) groups is 1. The normalized spacial score (nSPS) is 12.4. The fraction of sp³-hybridized carbons (Fsp3) is 0.359. The summed E-state index contributed by atoms with van der Waals surface area (Å²) in [4.78, 5) is 21.9. The van der Waals surface area contributed by atoms with Crippen LogP contribution in [0.4, 0.5) is 13.2 Å². The number of aliphatic carboxylic acids is 1. The van der Waals surface area contributed by atoms with Gasteiger partial charge in [-0.1, -0.05) is 58.0 Å². The summed E-state index contributed by atoms with van der Waals surface area (Å²) in [5.74, 6) is -0.199. The van der Waals surface area contributed by atoms with E-state index in [-0.39, 0.29) is 16.9 Å². The lowest BCUT2D eigenvalue weighted by Crippen LogP contribution is -2.28. The number of fused-ring (bicyclic) bond motifs is 1. The number of benzene rings is 2. The second-order valence-corrected chi connectivity index (χ2v) is 15.7. The Bertz CT molecular complexity index is 1930. The fourth-order valence-electron chi connectivity index (χ4n) is 5.62. The number of nitrogens with zero attached hydrogens (tertiary/aromatic N) is 3. The minimum atomic E-state index is -4.53. The van der Waals surface area contributed by atoms with E-state index >= 15 is 0 Å². The van der Waals surface area contributed by atoms with Crippen molar-refractivity contribution in [3.63, 3.8) is 0 Å². The van der Waals surface area contributed by atoms with Gasteiger partial charge in [0.25, 0.3) is 0 Å². The molecule has 0 aliphatic heterocycles. The Hall–Kier alpha value is -4.31. The minimum Gasteiger partial charge on any atom is -0.493 e. The molecule has 5 aromatic rings. The van der Waals surface area contributed by atoms with Gasteiger partial charge >= 0.3 is 12.1 Å². The number of hydrogen-bond donors (Lipinski definition) is 1. The van der Waals surface area contributed by atoms with Crippen molar-refractivity contribution >= 4 is 28.6 Å². The van der Waals surface area contributed by atoms with Crippen molar-refractivity contribution in [3.05, 3.63) is 107 Å². The van der Waals surface area contributed by atoms with Gasteiger partial charge in [0.1, 0.15) is 5.75 Å². The Morgan fingerprint density at radius 3 is 2.27 bits per heavy atom. The molecule has 0 aliphatic carbocycles. The van der Waals surface area contributed by atoms with Gasteiger partial charge in [-0.05, 0) is 67.8 Å². The van der Waals surface area contributed by atoms with E-state index in [4.69, 9.17) is 4.74 Å². The molecule has 258 valence electrons. The van der Waals surface area contributed by atoms with Crippen molar-refractivity contribution in [2.24, 2.45) is 5.41 Å². The fourth-order valence-corrected chi connectivity index (χ4v) is 6.80. The van der Waals surface area contributed by atoms with Crippen molar-refractivity contribution in [1.29, 1.82) is 0 Å². The average Bonchev–Trinajstić information content (AvgIpc) is 3.30. The van der Waals surface area contributed by atoms with Crippen LogP contribution in [-0.2, 0) is 36.8 Å². The SMILES string of the molecule is CCc1ccc(CCOc2ccc3c(c2)c(SC(C)(C)C)c(CC(C)(C)C(=O)O)n3Cc2ccc(-c3ncccc3C(F)(F)F)cc2)nc1. The van der Waals surface area contributed by atoms with Crippen LogP contribution in [0.15, 0.2) is 84.0 Å². The summed E-state index contributed by atoms with van der Waals surface area (Å²) < 4.78 is 49.3. The molecule has 0 bridgehead atoms. The first kappa shape index (κ1) is 36.0. The zero-order valence-electron chi connectivity index (χ0n) is 28.7. The summed E-state index contributed by atoms with van der Waals surface area (Å²) in [5.41, 5.74) is 3.19. The van der Waals surface area contributed by atoms with Crippen LogP contribution in [0.2, 0.25) is 0 Å². The average molecular weight is 690 g/mol. The molecule has 0 spiro atoms. The molecule has 0 saturated heterocycles. The third-order valence-corrected chi connectivity index (χ3v) is 9.56. The van der Waals surface area contributed by atoms with Crippen LogP contribution in [0.5, 0.6) is 5.75 Å². The molecule has 0 aliphatic rings. The van der Waals surface area contributed by atoms with Crippen LogP contribution in [-0.4, -0.2) is 37.0 Å². The standard InChI is InChI=1S/C39H42F3N3O3S/c1-7-25-12-15-28(44-23-25)18-20-48-29-16-17-32-30(21-29)35(49-37(2,3)4)33(22-38(5,6)36(46)47)45(32)24-26-10-13-27(14-11-26)34-31(39(40,41)42)9-8-19-43-34/h8-17,19,21,23H,7,18,20,22,24H2,1-6H3,(H,46,47). The van der Waals surface area contributed by atoms with Gasteiger partial charge in [0, 0.05) is 69.3 Å². The van der Waals surface area contributed by atoms with E-state index < -0.39 is 23.1 Å². The first-order chi connectivity index (χ1) is 23.1. The van der Waals surface area contributed by atoms with Gasteiger partial charge in [0.15, 0.2) is 0 Å². The van der Waals surface area contributed by atoms with Crippen LogP contribution < -0.4 is 4.74 Å². The van der Waals surface area contributed by atoms with E-state index in [0.29, 0.717) is 30.9 Å². The molecule has 2 aromatic carbocycles. The van der Waals surface area contributed by atoms with Gasteiger partial charge in [-0.15, -0.1) is 11.8 Å². The first-order valence-electron chi connectivity index (χ1n) is 16.3. The summed E-state index contributed by atoms with van der Waals surface area (Å²) in [5, 5.41) is 11.1. The Morgan fingerprint density at radius 2 is 1.65 bits per heavy atom. The number of pyridine rings is 2. The number of hydrogen-bond acceptors (Lipinski definition) is 5. The molecule has 0 saturated carbocycles. The van der Waals surface area contributed by atoms with Crippen LogP contribution in [0.1, 0.15) is 69.6 Å². The number of alkyl halides is 3. The molecule has 1 N–H and O–H groups in total. The lowest BCUT2D eigenvalue weighted by Gasteiger charge is -2.24. The van der Waals surface area contributed by atoms with E-state index in [9.17, 15) is 23.1 Å². The molecule has 0 radical (unpaired) electrons. The molecule has 49 heavy (non-hydrogen) atoms. The van der Waals surface area contributed by atoms with E-state index in [1.54, 1.807) is 49.9 Å². The molecule has 3 heterocycles. The molecular formula is C39H42F3N3O3S. The number of carboxylic acids is 1. The zero-order chi connectivity index (χ0) is 35.6. The second-order valence-electron chi connectivity index (χ2n) is 13.8. The van der Waals surface area contributed by atoms with Gasteiger partial charge in [0.2, 0.25) is 0 Å². The molecule has 5 rings (SSSR count). The van der Waals surface area contributed by atoms with Gasteiger partial charge in [0.05, 0.1) is 23.3 Å². The minimum absolute atomic E-state index is 0.123. The largest absolute Gasteiger partial charge is 0.493 e.